The number of unbranched alkanes of at least 4 members (excludes halogenated alkanes) is 12. The zero-order chi connectivity index (χ0) is 52.8. The van der Waals surface area contributed by atoms with E-state index in [4.69, 9.17) is 19.5 Å². The fourth-order valence-electron chi connectivity index (χ4n) is 7.41. The minimum Gasteiger partial charge on any atom is -0.386 e. The number of nitrogens with one attached hydrogen (secondary N) is 2. The van der Waals surface area contributed by atoms with Gasteiger partial charge in [-0.2, -0.15) is 4.31 Å². The molecule has 2 unspecified atom stereocenters. The van der Waals surface area contributed by atoms with Gasteiger partial charge in [0.25, 0.3) is 0 Å². The van der Waals surface area contributed by atoms with E-state index in [2.05, 4.69) is 48.3 Å². The quantitative estimate of drug-likeness (QED) is 0.0240. The number of phosphoric ester groups is 3. The van der Waals surface area contributed by atoms with Crippen molar-refractivity contribution in [3.8, 4) is 0 Å². The molecule has 0 aromatic carbocycles. The molecule has 0 spiro atoms. The third kappa shape index (κ3) is 24.0. The molecule has 1 aliphatic rings. The van der Waals surface area contributed by atoms with Crippen LogP contribution in [0.3, 0.4) is 0 Å². The van der Waals surface area contributed by atoms with E-state index in [0.717, 1.165) is 60.6 Å². The van der Waals surface area contributed by atoms with Crippen molar-refractivity contribution < 1.29 is 85.3 Å². The van der Waals surface area contributed by atoms with E-state index >= 15 is 0 Å². The van der Waals surface area contributed by atoms with E-state index in [1.165, 1.54) is 78.1 Å². The number of fused-ring (bicyclic) bond motifs is 1. The predicted molar refractivity (Wildman–Crippen MR) is 261 cm³/mol. The number of Topliss-reactive ketones (excluding diaryl/α,β-unsaturated/α-hetero) is 1. The van der Waals surface area contributed by atoms with E-state index in [9.17, 15) is 62.7 Å². The van der Waals surface area contributed by atoms with Crippen molar-refractivity contribution in [3.05, 3.63) is 12.7 Å². The van der Waals surface area contributed by atoms with Crippen LogP contribution in [0.1, 0.15) is 143 Å². The monoisotopic (exact) mass is 1090 g/mol. The molecule has 10 N–H and O–H groups in total. The third-order valence-corrected chi connectivity index (χ3v) is 15.3. The van der Waals surface area contributed by atoms with Crippen LogP contribution < -0.4 is 16.4 Å². The number of phosphoric acid groups is 3. The topological polar surface area (TPSA) is 381 Å². The highest BCUT2D eigenvalue weighted by atomic mass is 32.2. The highest BCUT2D eigenvalue weighted by Gasteiger charge is 2.50. The Hall–Kier alpha value is -2.77. The van der Waals surface area contributed by atoms with Gasteiger partial charge >= 0.3 is 23.5 Å². The van der Waals surface area contributed by atoms with Crippen LogP contribution >= 0.6 is 35.2 Å². The minimum absolute atomic E-state index is 0.0266. The van der Waals surface area contributed by atoms with Crippen LogP contribution in [0, 0.1) is 11.3 Å². The first-order valence-electron chi connectivity index (χ1n) is 23.9. The first kappa shape index (κ1) is 62.5. The second-order valence-electron chi connectivity index (χ2n) is 18.5. The van der Waals surface area contributed by atoms with Crippen LogP contribution in [-0.2, 0) is 55.5 Å². The van der Waals surface area contributed by atoms with Crippen molar-refractivity contribution in [2.75, 3.05) is 37.8 Å². The largest absolute Gasteiger partial charge is 0.481 e. The van der Waals surface area contributed by atoms with Crippen molar-refractivity contribution in [3.63, 3.8) is 0 Å². The molecule has 1 fully saturated rings. The third-order valence-electron chi connectivity index (χ3n) is 11.3. The van der Waals surface area contributed by atoms with Gasteiger partial charge in [-0.15, -0.1) is 0 Å². The molecule has 0 saturated carbocycles. The van der Waals surface area contributed by atoms with Gasteiger partial charge in [0.1, 0.15) is 42.0 Å². The van der Waals surface area contributed by atoms with Gasteiger partial charge in [0, 0.05) is 37.1 Å². The maximum Gasteiger partial charge on any atom is 0.481 e. The number of aliphatic hydroxyl groups is 2. The minimum atomic E-state index is -5.59. The standard InChI is InChI=1S/C42H74N7O18P3S/c1-29(2)18-16-14-12-10-8-6-5-7-9-11-13-15-17-19-30(50)24-33(52)71-23-22-44-32(51)20-21-45-40(55)37(54)42(3,4)26-64-70(61,62)67-69(59,60)63-25-31-36(66-68(56,57)58)35(53)41(65-31)49-28-48-34-38(43)46-27-47-39(34)49/h27-29,31,35-37,41,53-54H,5-26H2,1-4H3,(H,44,51)(H,45,55)(H,59,60)(H,61,62)(H2,43,46,47)(H2,56,57,58)/t31-,35-,36-,37+,41-/m0/s1. The number of ketones is 1. The molecule has 25 nitrogen and oxygen atoms in total. The summed E-state index contributed by atoms with van der Waals surface area (Å²) in [5, 5.41) is 26.2. The summed E-state index contributed by atoms with van der Waals surface area (Å²) < 4.78 is 62.4. The molecule has 2 aromatic rings. The van der Waals surface area contributed by atoms with Crippen LogP contribution in [0.5, 0.6) is 0 Å². The van der Waals surface area contributed by atoms with Crippen molar-refractivity contribution in [1.82, 2.24) is 30.2 Å². The molecule has 0 radical (unpaired) electrons. The molecular formula is C42H74N7O18P3S. The number of aromatic nitrogens is 4. The fraction of sp³-hybridized carbons (Fsp3) is 0.786. The molecule has 29 heteroatoms. The van der Waals surface area contributed by atoms with Crippen molar-refractivity contribution in [2.45, 2.75) is 167 Å². The van der Waals surface area contributed by atoms with Gasteiger partial charge in [0.15, 0.2) is 22.8 Å². The summed E-state index contributed by atoms with van der Waals surface area (Å²) in [4.78, 5) is 101. The summed E-state index contributed by atoms with van der Waals surface area (Å²) in [7, 11) is -16.5. The maximum atomic E-state index is 12.8. The van der Waals surface area contributed by atoms with Gasteiger partial charge in [-0.05, 0) is 12.3 Å². The normalized spacial score (nSPS) is 19.6. The van der Waals surface area contributed by atoms with Crippen molar-refractivity contribution >= 4 is 74.9 Å². The number of nitrogens with zero attached hydrogens (tertiary/aromatic N) is 4. The number of hydrogen-bond acceptors (Lipinski definition) is 19. The molecule has 3 rings (SSSR count). The predicted octanol–water partition coefficient (Wildman–Crippen LogP) is 5.13. The smallest absolute Gasteiger partial charge is 0.386 e. The van der Waals surface area contributed by atoms with Gasteiger partial charge in [-0.3, -0.25) is 37.3 Å². The van der Waals surface area contributed by atoms with E-state index in [-0.39, 0.29) is 59.6 Å². The number of nitrogen functional groups attached to an aromatic ring is 1. The highest BCUT2D eigenvalue weighted by Crippen LogP contribution is 2.61. The molecule has 2 aromatic heterocycles. The summed E-state index contributed by atoms with van der Waals surface area (Å²) in [6, 6.07) is 0. The van der Waals surface area contributed by atoms with Gasteiger partial charge in [0.2, 0.25) is 11.8 Å². The summed E-state index contributed by atoms with van der Waals surface area (Å²) in [6.07, 6.45) is 10.2. The number of rotatable bonds is 37. The average Bonchev–Trinajstić information content (AvgIpc) is 3.84. The number of thioether (sulfide) groups is 1. The Morgan fingerprint density at radius 1 is 0.845 bits per heavy atom. The Bertz CT molecular complexity index is 2150. The van der Waals surface area contributed by atoms with Gasteiger partial charge in [-0.25, -0.2) is 28.6 Å². The molecule has 7 atom stereocenters. The van der Waals surface area contributed by atoms with Crippen molar-refractivity contribution in [1.29, 1.82) is 0 Å². The second kappa shape index (κ2) is 30.6. The summed E-state index contributed by atoms with van der Waals surface area (Å²) >= 11 is 0.942. The molecule has 3 heterocycles. The Kier molecular flexibility index (Phi) is 26.9. The van der Waals surface area contributed by atoms with E-state index < -0.39 is 84.6 Å². The zero-order valence-electron chi connectivity index (χ0n) is 40.9. The highest BCUT2D eigenvalue weighted by molar-refractivity contribution is 8.13. The van der Waals surface area contributed by atoms with Gasteiger partial charge < -0.3 is 50.9 Å². The van der Waals surface area contributed by atoms with Crippen molar-refractivity contribution in [2.24, 2.45) is 11.3 Å². The number of nitrogens with two attached hydrogens (primary N) is 1. The van der Waals surface area contributed by atoms with Crippen LogP contribution in [0.25, 0.3) is 11.2 Å². The summed E-state index contributed by atoms with van der Waals surface area (Å²) in [5.74, 6) is -0.590. The number of carbonyl (C=O) groups excluding carboxylic acids is 4. The summed E-state index contributed by atoms with van der Waals surface area (Å²) in [5.41, 5.74) is 4.25. The maximum absolute atomic E-state index is 12.8. The van der Waals surface area contributed by atoms with Crippen LogP contribution in [0.4, 0.5) is 5.82 Å². The van der Waals surface area contributed by atoms with E-state index in [0.29, 0.717) is 6.42 Å². The molecule has 1 aliphatic heterocycles. The summed E-state index contributed by atoms with van der Waals surface area (Å²) in [6.45, 7) is 4.90. The number of imidazole rings is 1. The number of aliphatic hydroxyl groups excluding tert-OH is 2. The molecule has 0 aliphatic carbocycles. The number of ether oxygens (including phenoxy) is 1. The molecule has 2 amide bonds. The van der Waals surface area contributed by atoms with E-state index in [1.54, 1.807) is 0 Å². The first-order valence-corrected chi connectivity index (χ1v) is 29.4. The van der Waals surface area contributed by atoms with Crippen LogP contribution in [0.2, 0.25) is 0 Å². The Balaban J connectivity index is 1.27. The molecular weight excluding hydrogens is 1020 g/mol. The Labute approximate surface area is 418 Å². The van der Waals surface area contributed by atoms with Gasteiger partial charge in [-0.1, -0.05) is 123 Å². The molecule has 406 valence electrons. The number of anilines is 1. The SMILES string of the molecule is CC(C)CCCCCCCCCCCCCCCC(=O)CC(=O)SCCNC(=O)CCNC(=O)[C@@H](O)C(C)(C)COP(=O)(O)OP(=O)(O)OC[C@@H]1O[C@H](n2cnc3c(N)ncnc32)[C@@H](O)[C@H]1OP(=O)(O)O. The second-order valence-corrected chi connectivity index (χ2v) is 23.9. The number of amides is 2. The van der Waals surface area contributed by atoms with Crippen LogP contribution in [0.15, 0.2) is 12.7 Å². The van der Waals surface area contributed by atoms with Gasteiger partial charge in [0.05, 0.1) is 26.0 Å². The number of hydrogen-bond donors (Lipinski definition) is 9. The lowest BCUT2D eigenvalue weighted by atomic mass is 9.87. The average molecular weight is 1090 g/mol. The molecule has 1 saturated heterocycles. The molecule has 71 heavy (non-hydrogen) atoms. The Morgan fingerprint density at radius 3 is 2.04 bits per heavy atom. The van der Waals surface area contributed by atoms with Crippen LogP contribution in [-0.4, -0.2) is 128 Å². The lowest BCUT2D eigenvalue weighted by Gasteiger charge is -2.30. The number of carbonyl (C=O) groups is 4. The molecule has 0 bridgehead atoms. The fourth-order valence-corrected chi connectivity index (χ4v) is 10.9. The zero-order valence-corrected chi connectivity index (χ0v) is 44.4. The van der Waals surface area contributed by atoms with E-state index in [1.807, 2.05) is 0 Å². The first-order chi connectivity index (χ1) is 33.3. The Morgan fingerprint density at radius 2 is 1.44 bits per heavy atom. The lowest BCUT2D eigenvalue weighted by Crippen LogP contribution is -2.46. The lowest BCUT2D eigenvalue weighted by molar-refractivity contribution is -0.137.